The van der Waals surface area contributed by atoms with Gasteiger partial charge in [0.15, 0.2) is 5.43 Å². The van der Waals surface area contributed by atoms with Crippen LogP contribution in [-0.4, -0.2) is 10.5 Å². The first-order valence-electron chi connectivity index (χ1n) is 10.6. The lowest BCUT2D eigenvalue weighted by atomic mass is 10.00. The number of nitrogens with zero attached hydrogens (tertiary/aromatic N) is 1. The van der Waals surface area contributed by atoms with E-state index in [-0.39, 0.29) is 11.0 Å². The highest BCUT2D eigenvalue weighted by Gasteiger charge is 2.23. The number of carbonyl (C=O) groups excluding carboxylic acids is 1. The lowest BCUT2D eigenvalue weighted by molar-refractivity contribution is 0.102. The average molecular weight is 423 g/mol. The zero-order valence-corrected chi connectivity index (χ0v) is 18.8. The monoisotopic (exact) mass is 422 g/mol. The van der Waals surface area contributed by atoms with E-state index in [0.717, 1.165) is 39.3 Å². The molecule has 0 unspecified atom stereocenters. The van der Waals surface area contributed by atoms with Gasteiger partial charge in [-0.1, -0.05) is 60.2 Å². The summed E-state index contributed by atoms with van der Waals surface area (Å²) in [6.07, 6.45) is 0. The largest absolute Gasteiger partial charge is 0.321 e. The first-order chi connectivity index (χ1) is 15.4. The van der Waals surface area contributed by atoms with Crippen molar-refractivity contribution in [2.45, 2.75) is 27.7 Å². The minimum absolute atomic E-state index is 0.132. The molecule has 0 aliphatic rings. The third-order valence-corrected chi connectivity index (χ3v) is 5.65. The summed E-state index contributed by atoms with van der Waals surface area (Å²) in [5.41, 5.74) is 6.59. The summed E-state index contributed by atoms with van der Waals surface area (Å²) >= 11 is 0. The Bertz CT molecular complexity index is 1350. The summed E-state index contributed by atoms with van der Waals surface area (Å²) in [6, 6.07) is 25.1. The summed E-state index contributed by atoms with van der Waals surface area (Å²) in [4.78, 5) is 26.8. The minimum atomic E-state index is -0.409. The van der Waals surface area contributed by atoms with Crippen molar-refractivity contribution in [2.75, 3.05) is 5.32 Å². The van der Waals surface area contributed by atoms with Crippen LogP contribution < -0.4 is 10.7 Å². The number of hydrogen-bond donors (Lipinski definition) is 1. The quantitative estimate of drug-likeness (QED) is 0.439. The Labute approximate surface area is 188 Å². The van der Waals surface area contributed by atoms with Crippen molar-refractivity contribution in [3.05, 3.63) is 117 Å². The Morgan fingerprint density at radius 3 is 2.09 bits per heavy atom. The summed E-state index contributed by atoms with van der Waals surface area (Å²) in [5, 5.41) is 3.01. The Morgan fingerprint density at radius 2 is 1.44 bits per heavy atom. The van der Waals surface area contributed by atoms with Gasteiger partial charge in [-0.3, -0.25) is 9.59 Å². The van der Waals surface area contributed by atoms with Crippen LogP contribution in [-0.2, 0) is 0 Å². The van der Waals surface area contributed by atoms with Gasteiger partial charge in [-0.05, 0) is 62.6 Å². The van der Waals surface area contributed by atoms with Crippen LogP contribution in [0.1, 0.15) is 32.7 Å². The van der Waals surface area contributed by atoms with E-state index >= 15 is 0 Å². The van der Waals surface area contributed by atoms with Gasteiger partial charge < -0.3 is 9.88 Å². The molecule has 0 spiro atoms. The molecular formula is C28H26N2O2. The maximum atomic E-state index is 13.6. The van der Waals surface area contributed by atoms with Gasteiger partial charge in [0.1, 0.15) is 5.56 Å². The molecule has 0 atom stereocenters. The molecule has 4 heteroatoms. The molecule has 0 aliphatic heterocycles. The van der Waals surface area contributed by atoms with Crippen molar-refractivity contribution in [2.24, 2.45) is 0 Å². The number of rotatable bonds is 4. The van der Waals surface area contributed by atoms with Crippen LogP contribution in [0.2, 0.25) is 0 Å². The smallest absolute Gasteiger partial charge is 0.261 e. The number of pyridine rings is 1. The second-order valence-corrected chi connectivity index (χ2v) is 8.13. The number of amides is 1. The van der Waals surface area contributed by atoms with Gasteiger partial charge in [0.25, 0.3) is 5.91 Å². The van der Waals surface area contributed by atoms with Gasteiger partial charge in [0.2, 0.25) is 0 Å². The zero-order valence-electron chi connectivity index (χ0n) is 18.8. The van der Waals surface area contributed by atoms with E-state index in [1.165, 1.54) is 6.07 Å². The molecule has 1 amide bonds. The molecule has 1 heterocycles. The lowest BCUT2D eigenvalue weighted by Crippen LogP contribution is -2.26. The first kappa shape index (κ1) is 21.3. The van der Waals surface area contributed by atoms with Gasteiger partial charge in [0.05, 0.1) is 5.69 Å². The van der Waals surface area contributed by atoms with Gasteiger partial charge in [0, 0.05) is 23.1 Å². The molecule has 0 saturated heterocycles. The Morgan fingerprint density at radius 1 is 0.781 bits per heavy atom. The predicted octanol–water partition coefficient (Wildman–Crippen LogP) is 5.99. The number of aromatic nitrogens is 1. The average Bonchev–Trinajstić information content (AvgIpc) is 2.76. The van der Waals surface area contributed by atoms with Gasteiger partial charge in [-0.15, -0.1) is 0 Å². The third-order valence-electron chi connectivity index (χ3n) is 5.65. The predicted molar refractivity (Wildman–Crippen MR) is 131 cm³/mol. The van der Waals surface area contributed by atoms with Gasteiger partial charge in [-0.2, -0.15) is 0 Å². The Balaban J connectivity index is 2.00. The third kappa shape index (κ3) is 4.00. The molecule has 32 heavy (non-hydrogen) atoms. The highest BCUT2D eigenvalue weighted by molar-refractivity contribution is 6.09. The number of anilines is 1. The van der Waals surface area contributed by atoms with E-state index in [1.807, 2.05) is 105 Å². The SMILES string of the molecule is Cc1cccc(-c2c(C(=O)Nc3c(C)cccc3C)c(=O)cc(C)n2-c2ccccc2)c1. The number of aryl methyl sites for hydroxylation is 4. The van der Waals surface area contributed by atoms with Crippen LogP contribution in [0.15, 0.2) is 83.7 Å². The van der Waals surface area contributed by atoms with E-state index in [4.69, 9.17) is 0 Å². The molecular weight excluding hydrogens is 396 g/mol. The fourth-order valence-corrected chi connectivity index (χ4v) is 4.11. The molecule has 4 nitrogen and oxygen atoms in total. The number of para-hydroxylation sites is 2. The number of nitrogens with one attached hydrogen (secondary N) is 1. The molecule has 0 aliphatic carbocycles. The van der Waals surface area contributed by atoms with Crippen molar-refractivity contribution in [1.29, 1.82) is 0 Å². The molecule has 0 bridgehead atoms. The molecule has 0 fully saturated rings. The van der Waals surface area contributed by atoms with Crippen molar-refractivity contribution in [3.8, 4) is 16.9 Å². The summed E-state index contributed by atoms with van der Waals surface area (Å²) in [5.74, 6) is -0.409. The molecule has 4 aromatic rings. The molecule has 1 N–H and O–H groups in total. The van der Waals surface area contributed by atoms with Crippen molar-refractivity contribution < 1.29 is 4.79 Å². The molecule has 1 aromatic heterocycles. The fraction of sp³-hybridized carbons (Fsp3) is 0.143. The van der Waals surface area contributed by atoms with Crippen LogP contribution >= 0.6 is 0 Å². The van der Waals surface area contributed by atoms with Gasteiger partial charge >= 0.3 is 0 Å². The molecule has 3 aromatic carbocycles. The fourth-order valence-electron chi connectivity index (χ4n) is 4.11. The lowest BCUT2D eigenvalue weighted by Gasteiger charge is -2.21. The summed E-state index contributed by atoms with van der Waals surface area (Å²) in [7, 11) is 0. The number of benzene rings is 3. The normalized spacial score (nSPS) is 10.8. The second kappa shape index (κ2) is 8.67. The zero-order chi connectivity index (χ0) is 22.8. The van der Waals surface area contributed by atoms with Crippen molar-refractivity contribution >= 4 is 11.6 Å². The molecule has 160 valence electrons. The maximum Gasteiger partial charge on any atom is 0.261 e. The van der Waals surface area contributed by atoms with Crippen molar-refractivity contribution in [1.82, 2.24) is 4.57 Å². The Hall–Kier alpha value is -3.92. The minimum Gasteiger partial charge on any atom is -0.321 e. The van der Waals surface area contributed by atoms with E-state index in [2.05, 4.69) is 5.32 Å². The van der Waals surface area contributed by atoms with Crippen LogP contribution in [0.3, 0.4) is 0 Å². The highest BCUT2D eigenvalue weighted by atomic mass is 16.2. The maximum absolute atomic E-state index is 13.6. The van der Waals surface area contributed by atoms with Crippen LogP contribution in [0.25, 0.3) is 16.9 Å². The highest BCUT2D eigenvalue weighted by Crippen LogP contribution is 2.29. The van der Waals surface area contributed by atoms with E-state index in [9.17, 15) is 9.59 Å². The Kier molecular flexibility index (Phi) is 5.78. The van der Waals surface area contributed by atoms with E-state index in [0.29, 0.717) is 5.69 Å². The van der Waals surface area contributed by atoms with Crippen LogP contribution in [0, 0.1) is 27.7 Å². The second-order valence-electron chi connectivity index (χ2n) is 8.13. The van der Waals surface area contributed by atoms with E-state index < -0.39 is 5.91 Å². The van der Waals surface area contributed by atoms with Crippen LogP contribution in [0.5, 0.6) is 0 Å². The topological polar surface area (TPSA) is 51.1 Å². The van der Waals surface area contributed by atoms with Crippen molar-refractivity contribution in [3.63, 3.8) is 0 Å². The molecule has 0 radical (unpaired) electrons. The van der Waals surface area contributed by atoms with Crippen LogP contribution in [0.4, 0.5) is 5.69 Å². The van der Waals surface area contributed by atoms with E-state index in [1.54, 1.807) is 0 Å². The molecule has 0 saturated carbocycles. The molecule has 4 rings (SSSR count). The van der Waals surface area contributed by atoms with Gasteiger partial charge in [-0.25, -0.2) is 0 Å². The summed E-state index contributed by atoms with van der Waals surface area (Å²) in [6.45, 7) is 7.78. The number of hydrogen-bond acceptors (Lipinski definition) is 2. The standard InChI is InChI=1S/C28H26N2O2/c1-18-10-8-13-22(16-18)27-25(28(32)29-26-19(2)11-9-12-20(26)3)24(31)17-21(4)30(27)23-14-6-5-7-15-23/h5-17H,1-4H3,(H,29,32). The summed E-state index contributed by atoms with van der Waals surface area (Å²) < 4.78 is 1.98. The number of carbonyl (C=O) groups is 1. The first-order valence-corrected chi connectivity index (χ1v) is 10.6.